The van der Waals surface area contributed by atoms with E-state index in [-0.39, 0.29) is 29.3 Å². The summed E-state index contributed by atoms with van der Waals surface area (Å²) in [5.41, 5.74) is 8.65. The van der Waals surface area contributed by atoms with Crippen LogP contribution in [0.5, 0.6) is 5.75 Å². The molecule has 1 aliphatic carbocycles. The molecule has 1 aliphatic rings. The lowest BCUT2D eigenvalue weighted by molar-refractivity contribution is -0.137. The maximum Gasteiger partial charge on any atom is 0.255 e. The van der Waals surface area contributed by atoms with Crippen LogP contribution >= 0.6 is 0 Å². The van der Waals surface area contributed by atoms with Crippen molar-refractivity contribution in [1.29, 1.82) is 0 Å². The van der Waals surface area contributed by atoms with E-state index in [1.54, 1.807) is 31.4 Å². The second-order valence-corrected chi connectivity index (χ2v) is 10.2. The summed E-state index contributed by atoms with van der Waals surface area (Å²) in [4.78, 5) is 27.7. The SMILES string of the molecule is COc1ccc(C(=O)Nc2ccc(CN(C(=O)CC(C)(C)C)C3CCCCC3N)cc2)cc1. The van der Waals surface area contributed by atoms with Gasteiger partial charge in [0.15, 0.2) is 0 Å². The first-order valence-corrected chi connectivity index (χ1v) is 11.8. The van der Waals surface area contributed by atoms with E-state index in [9.17, 15) is 9.59 Å². The molecule has 33 heavy (non-hydrogen) atoms. The number of nitrogens with zero attached hydrogens (tertiary/aromatic N) is 1. The number of anilines is 1. The Bertz CT molecular complexity index is 933. The first-order chi connectivity index (χ1) is 15.7. The van der Waals surface area contributed by atoms with Gasteiger partial charge in [0, 0.05) is 36.3 Å². The van der Waals surface area contributed by atoms with Gasteiger partial charge >= 0.3 is 0 Å². The van der Waals surface area contributed by atoms with Gasteiger partial charge in [0.25, 0.3) is 5.91 Å². The van der Waals surface area contributed by atoms with Crippen LogP contribution in [0.3, 0.4) is 0 Å². The Morgan fingerprint density at radius 3 is 2.24 bits per heavy atom. The number of amides is 2. The smallest absolute Gasteiger partial charge is 0.255 e. The molecule has 0 saturated heterocycles. The molecule has 2 aromatic carbocycles. The standard InChI is InChI=1S/C27H37N3O3/c1-27(2,3)17-25(31)30(24-8-6-5-7-23(24)28)18-19-9-13-21(14-10-19)29-26(32)20-11-15-22(33-4)16-12-20/h9-16,23-24H,5-8,17-18,28H2,1-4H3,(H,29,32). The first-order valence-electron chi connectivity index (χ1n) is 11.8. The zero-order chi connectivity index (χ0) is 24.0. The number of carbonyl (C=O) groups is 2. The van der Waals surface area contributed by atoms with Crippen molar-refractivity contribution in [1.82, 2.24) is 4.90 Å². The molecule has 1 saturated carbocycles. The molecule has 6 heteroatoms. The van der Waals surface area contributed by atoms with Crippen molar-refractivity contribution in [3.05, 3.63) is 59.7 Å². The highest BCUT2D eigenvalue weighted by Crippen LogP contribution is 2.28. The van der Waals surface area contributed by atoms with Crippen molar-refractivity contribution in [3.63, 3.8) is 0 Å². The van der Waals surface area contributed by atoms with Gasteiger partial charge in [-0.2, -0.15) is 0 Å². The van der Waals surface area contributed by atoms with Crippen LogP contribution in [0, 0.1) is 5.41 Å². The largest absolute Gasteiger partial charge is 0.497 e. The maximum absolute atomic E-state index is 13.2. The molecule has 0 radical (unpaired) electrons. The summed E-state index contributed by atoms with van der Waals surface area (Å²) >= 11 is 0. The molecule has 2 amide bonds. The van der Waals surface area contributed by atoms with Crippen molar-refractivity contribution < 1.29 is 14.3 Å². The van der Waals surface area contributed by atoms with Gasteiger partial charge in [0.1, 0.15) is 5.75 Å². The first kappa shape index (κ1) is 24.8. The van der Waals surface area contributed by atoms with Crippen LogP contribution < -0.4 is 15.8 Å². The van der Waals surface area contributed by atoms with Crippen molar-refractivity contribution in [2.45, 2.75) is 71.5 Å². The second kappa shape index (κ2) is 10.8. The molecular formula is C27H37N3O3. The molecule has 1 fully saturated rings. The van der Waals surface area contributed by atoms with E-state index < -0.39 is 0 Å². The summed E-state index contributed by atoms with van der Waals surface area (Å²) < 4.78 is 5.14. The van der Waals surface area contributed by atoms with Gasteiger partial charge in [-0.3, -0.25) is 9.59 Å². The number of ether oxygens (including phenoxy) is 1. The predicted molar refractivity (Wildman–Crippen MR) is 132 cm³/mol. The minimum atomic E-state index is -0.180. The predicted octanol–water partition coefficient (Wildman–Crippen LogP) is 4.98. The monoisotopic (exact) mass is 451 g/mol. The van der Waals surface area contributed by atoms with Crippen molar-refractivity contribution in [3.8, 4) is 5.75 Å². The van der Waals surface area contributed by atoms with Gasteiger partial charge < -0.3 is 20.7 Å². The van der Waals surface area contributed by atoms with E-state index >= 15 is 0 Å². The van der Waals surface area contributed by atoms with Gasteiger partial charge in [-0.25, -0.2) is 0 Å². The van der Waals surface area contributed by atoms with Gasteiger partial charge in [-0.1, -0.05) is 45.7 Å². The minimum absolute atomic E-state index is 0.0192. The molecule has 2 aromatic rings. The Balaban J connectivity index is 1.69. The fourth-order valence-electron chi connectivity index (χ4n) is 4.31. The van der Waals surface area contributed by atoms with Crippen LogP contribution in [-0.2, 0) is 11.3 Å². The number of nitrogens with two attached hydrogens (primary N) is 1. The Kier molecular flexibility index (Phi) is 8.14. The van der Waals surface area contributed by atoms with Gasteiger partial charge in [0.2, 0.25) is 5.91 Å². The summed E-state index contributed by atoms with van der Waals surface area (Å²) in [6.45, 7) is 6.79. The van der Waals surface area contributed by atoms with Gasteiger partial charge in [-0.05, 0) is 60.2 Å². The molecule has 178 valence electrons. The van der Waals surface area contributed by atoms with Crippen LogP contribution in [0.15, 0.2) is 48.5 Å². The Hall–Kier alpha value is -2.86. The lowest BCUT2D eigenvalue weighted by Gasteiger charge is -2.39. The number of nitrogens with one attached hydrogen (secondary N) is 1. The number of carbonyl (C=O) groups excluding carboxylic acids is 2. The molecule has 0 bridgehead atoms. The zero-order valence-electron chi connectivity index (χ0n) is 20.3. The maximum atomic E-state index is 13.2. The molecule has 0 spiro atoms. The van der Waals surface area contributed by atoms with Crippen LogP contribution in [0.1, 0.15) is 68.8 Å². The normalized spacial score (nSPS) is 18.5. The highest BCUT2D eigenvalue weighted by atomic mass is 16.5. The second-order valence-electron chi connectivity index (χ2n) is 10.2. The Morgan fingerprint density at radius 2 is 1.67 bits per heavy atom. The fraction of sp³-hybridized carbons (Fsp3) is 0.481. The quantitative estimate of drug-likeness (QED) is 0.622. The molecule has 0 aliphatic heterocycles. The summed E-state index contributed by atoms with van der Waals surface area (Å²) in [5.74, 6) is 0.682. The lowest BCUT2D eigenvalue weighted by atomic mass is 9.87. The minimum Gasteiger partial charge on any atom is -0.497 e. The Morgan fingerprint density at radius 1 is 1.03 bits per heavy atom. The number of benzene rings is 2. The highest BCUT2D eigenvalue weighted by Gasteiger charge is 2.32. The van der Waals surface area contributed by atoms with Crippen LogP contribution in [-0.4, -0.2) is 35.9 Å². The van der Waals surface area contributed by atoms with E-state index in [1.807, 2.05) is 29.2 Å². The average Bonchev–Trinajstić information content (AvgIpc) is 2.78. The van der Waals surface area contributed by atoms with Crippen LogP contribution in [0.4, 0.5) is 5.69 Å². The molecule has 2 unspecified atom stereocenters. The fourth-order valence-corrected chi connectivity index (χ4v) is 4.31. The summed E-state index contributed by atoms with van der Waals surface area (Å²) in [7, 11) is 1.59. The lowest BCUT2D eigenvalue weighted by Crippen LogP contribution is -2.52. The molecule has 2 atom stereocenters. The number of hydrogen-bond acceptors (Lipinski definition) is 4. The third kappa shape index (κ3) is 7.06. The number of methoxy groups -OCH3 is 1. The molecule has 3 N–H and O–H groups in total. The van der Waals surface area contributed by atoms with E-state index in [1.165, 1.54) is 0 Å². The van der Waals surface area contributed by atoms with Crippen molar-refractivity contribution >= 4 is 17.5 Å². The molecule has 0 aromatic heterocycles. The van der Waals surface area contributed by atoms with Crippen molar-refractivity contribution in [2.24, 2.45) is 11.1 Å². The zero-order valence-corrected chi connectivity index (χ0v) is 20.3. The molecule has 3 rings (SSSR count). The average molecular weight is 452 g/mol. The summed E-state index contributed by atoms with van der Waals surface area (Å²) in [6.07, 6.45) is 4.63. The topological polar surface area (TPSA) is 84.7 Å². The van der Waals surface area contributed by atoms with E-state index in [0.29, 0.717) is 30.0 Å². The third-order valence-corrected chi connectivity index (χ3v) is 6.10. The molecular weight excluding hydrogens is 414 g/mol. The molecule has 0 heterocycles. The van der Waals surface area contributed by atoms with Crippen LogP contribution in [0.25, 0.3) is 0 Å². The Labute approximate surface area is 197 Å². The van der Waals surface area contributed by atoms with E-state index in [4.69, 9.17) is 10.5 Å². The summed E-state index contributed by atoms with van der Waals surface area (Å²) in [6, 6.07) is 14.8. The highest BCUT2D eigenvalue weighted by molar-refractivity contribution is 6.04. The molecule has 6 nitrogen and oxygen atoms in total. The summed E-state index contributed by atoms with van der Waals surface area (Å²) in [5, 5.41) is 2.92. The number of rotatable bonds is 7. The van der Waals surface area contributed by atoms with Crippen LogP contribution in [0.2, 0.25) is 0 Å². The van der Waals surface area contributed by atoms with E-state index in [0.717, 1.165) is 31.2 Å². The third-order valence-electron chi connectivity index (χ3n) is 6.10. The van der Waals surface area contributed by atoms with Crippen molar-refractivity contribution in [2.75, 3.05) is 12.4 Å². The van der Waals surface area contributed by atoms with Gasteiger partial charge in [-0.15, -0.1) is 0 Å². The van der Waals surface area contributed by atoms with Gasteiger partial charge in [0.05, 0.1) is 7.11 Å². The van der Waals surface area contributed by atoms with E-state index in [2.05, 4.69) is 26.1 Å². The number of hydrogen-bond donors (Lipinski definition) is 2.